The molecule has 0 saturated heterocycles. The van der Waals surface area contributed by atoms with Crippen LogP contribution in [0.3, 0.4) is 0 Å². The summed E-state index contributed by atoms with van der Waals surface area (Å²) in [6, 6.07) is 3.51. The van der Waals surface area contributed by atoms with Gasteiger partial charge >= 0.3 is 0 Å². The Morgan fingerprint density at radius 1 is 1.42 bits per heavy atom. The average Bonchev–Trinajstić information content (AvgIpc) is 1.82. The van der Waals surface area contributed by atoms with Gasteiger partial charge in [0.05, 0.1) is 0 Å². The van der Waals surface area contributed by atoms with Crippen molar-refractivity contribution in [3.05, 3.63) is 18.3 Å². The lowest BCUT2D eigenvalue weighted by Crippen LogP contribution is -2.22. The minimum Gasteiger partial charge on any atom is -0.488 e. The van der Waals surface area contributed by atoms with Gasteiger partial charge in [0.2, 0.25) is 0 Å². The highest BCUT2D eigenvalue weighted by Gasteiger charge is 2.11. The smallest absolute Gasteiger partial charge is 0.126 e. The van der Waals surface area contributed by atoms with Gasteiger partial charge in [0.25, 0.3) is 0 Å². The number of nitrogens with two attached hydrogens (primary N) is 1. The largest absolute Gasteiger partial charge is 0.488 e. The summed E-state index contributed by atoms with van der Waals surface area (Å²) in [4.78, 5) is 3.87. The second-order valence-electron chi connectivity index (χ2n) is 3.63. The summed E-state index contributed by atoms with van der Waals surface area (Å²) in [5.74, 6) is 1.24. The molecular weight excluding hydrogens is 152 g/mol. The molecule has 0 radical (unpaired) electrons. The number of ether oxygens (including phenoxy) is 1. The van der Waals surface area contributed by atoms with E-state index in [-0.39, 0.29) is 5.60 Å². The molecule has 1 aromatic rings. The first-order valence-electron chi connectivity index (χ1n) is 3.88. The van der Waals surface area contributed by atoms with Crippen LogP contribution >= 0.6 is 0 Å². The van der Waals surface area contributed by atoms with Crippen molar-refractivity contribution in [2.45, 2.75) is 26.4 Å². The summed E-state index contributed by atoms with van der Waals surface area (Å²) in [6.45, 7) is 5.97. The number of nitrogen functional groups attached to an aromatic ring is 1. The SMILES string of the molecule is CC(C)(C)Oc1ccnc(N)c1. The van der Waals surface area contributed by atoms with E-state index < -0.39 is 0 Å². The predicted octanol–water partition coefficient (Wildman–Crippen LogP) is 1.84. The molecule has 66 valence electrons. The second-order valence-corrected chi connectivity index (χ2v) is 3.63. The van der Waals surface area contributed by atoms with Crippen molar-refractivity contribution in [3.63, 3.8) is 0 Å². The third-order valence-electron chi connectivity index (χ3n) is 1.18. The summed E-state index contributed by atoms with van der Waals surface area (Å²) < 4.78 is 5.56. The van der Waals surface area contributed by atoms with E-state index >= 15 is 0 Å². The number of rotatable bonds is 1. The molecule has 3 heteroatoms. The summed E-state index contributed by atoms with van der Waals surface area (Å²) in [6.07, 6.45) is 1.64. The number of hydrogen-bond acceptors (Lipinski definition) is 3. The van der Waals surface area contributed by atoms with Gasteiger partial charge in [-0.05, 0) is 26.8 Å². The molecule has 0 saturated carbocycles. The maximum Gasteiger partial charge on any atom is 0.126 e. The van der Waals surface area contributed by atoms with Gasteiger partial charge in [-0.3, -0.25) is 0 Å². The summed E-state index contributed by atoms with van der Waals surface area (Å²) in [5.41, 5.74) is 5.30. The third kappa shape index (κ3) is 2.78. The fraction of sp³-hybridized carbons (Fsp3) is 0.444. The number of anilines is 1. The minimum absolute atomic E-state index is 0.187. The van der Waals surface area contributed by atoms with E-state index in [1.165, 1.54) is 0 Å². The lowest BCUT2D eigenvalue weighted by atomic mass is 10.2. The fourth-order valence-corrected chi connectivity index (χ4v) is 0.845. The van der Waals surface area contributed by atoms with Crippen LogP contribution in [0, 0.1) is 0 Å². The molecule has 0 aromatic carbocycles. The Bertz CT molecular complexity index is 265. The zero-order chi connectivity index (χ0) is 9.19. The molecule has 0 unspecified atom stereocenters. The highest BCUT2D eigenvalue weighted by molar-refractivity contribution is 5.35. The van der Waals surface area contributed by atoms with Crippen LogP contribution in [0.25, 0.3) is 0 Å². The third-order valence-corrected chi connectivity index (χ3v) is 1.18. The van der Waals surface area contributed by atoms with Crippen LogP contribution in [0.15, 0.2) is 18.3 Å². The lowest BCUT2D eigenvalue weighted by Gasteiger charge is -2.20. The van der Waals surface area contributed by atoms with Crippen molar-refractivity contribution < 1.29 is 4.74 Å². The van der Waals surface area contributed by atoms with E-state index in [1.807, 2.05) is 20.8 Å². The summed E-state index contributed by atoms with van der Waals surface area (Å²) in [7, 11) is 0. The van der Waals surface area contributed by atoms with Crippen LogP contribution in [0.2, 0.25) is 0 Å². The Morgan fingerprint density at radius 3 is 2.58 bits per heavy atom. The average molecular weight is 166 g/mol. The lowest BCUT2D eigenvalue weighted by molar-refractivity contribution is 0.131. The van der Waals surface area contributed by atoms with Crippen molar-refractivity contribution in [1.82, 2.24) is 4.98 Å². The van der Waals surface area contributed by atoms with E-state index in [1.54, 1.807) is 18.3 Å². The van der Waals surface area contributed by atoms with E-state index in [4.69, 9.17) is 10.5 Å². The molecule has 0 bridgehead atoms. The van der Waals surface area contributed by atoms with Crippen LogP contribution in [0.5, 0.6) is 5.75 Å². The monoisotopic (exact) mass is 166 g/mol. The van der Waals surface area contributed by atoms with Crippen LogP contribution < -0.4 is 10.5 Å². The molecular formula is C9H14N2O. The molecule has 0 aliphatic heterocycles. The predicted molar refractivity (Wildman–Crippen MR) is 49.0 cm³/mol. The first-order chi connectivity index (χ1) is 5.47. The minimum atomic E-state index is -0.187. The topological polar surface area (TPSA) is 48.1 Å². The number of pyridine rings is 1. The second kappa shape index (κ2) is 3.01. The first-order valence-corrected chi connectivity index (χ1v) is 3.88. The van der Waals surface area contributed by atoms with Gasteiger partial charge in [-0.15, -0.1) is 0 Å². The Kier molecular flexibility index (Phi) is 2.22. The Morgan fingerprint density at radius 2 is 2.08 bits per heavy atom. The molecule has 1 heterocycles. The molecule has 0 fully saturated rings. The van der Waals surface area contributed by atoms with Gasteiger partial charge in [0, 0.05) is 12.3 Å². The van der Waals surface area contributed by atoms with E-state index in [0.29, 0.717) is 5.82 Å². The molecule has 0 spiro atoms. The van der Waals surface area contributed by atoms with E-state index in [2.05, 4.69) is 4.98 Å². The fourth-order valence-electron chi connectivity index (χ4n) is 0.845. The number of aromatic nitrogens is 1. The van der Waals surface area contributed by atoms with Crippen LogP contribution in [0.4, 0.5) is 5.82 Å². The molecule has 2 N–H and O–H groups in total. The standard InChI is InChI=1S/C9H14N2O/c1-9(2,3)12-7-4-5-11-8(10)6-7/h4-6H,1-3H3,(H2,10,11). The first kappa shape index (κ1) is 8.84. The van der Waals surface area contributed by atoms with Gasteiger partial charge < -0.3 is 10.5 Å². The maximum absolute atomic E-state index is 5.56. The molecule has 1 aromatic heterocycles. The van der Waals surface area contributed by atoms with Crippen LogP contribution in [-0.4, -0.2) is 10.6 Å². The van der Waals surface area contributed by atoms with Crippen molar-refractivity contribution >= 4 is 5.82 Å². The molecule has 0 amide bonds. The highest BCUT2D eigenvalue weighted by atomic mass is 16.5. The van der Waals surface area contributed by atoms with Gasteiger partial charge in [-0.1, -0.05) is 0 Å². The highest BCUT2D eigenvalue weighted by Crippen LogP contribution is 2.18. The van der Waals surface area contributed by atoms with Crippen LogP contribution in [-0.2, 0) is 0 Å². The zero-order valence-electron chi connectivity index (χ0n) is 7.66. The Labute approximate surface area is 72.6 Å². The maximum atomic E-state index is 5.56. The van der Waals surface area contributed by atoms with E-state index in [0.717, 1.165) is 5.75 Å². The number of hydrogen-bond donors (Lipinski definition) is 1. The quantitative estimate of drug-likeness (QED) is 0.692. The number of nitrogens with zero attached hydrogens (tertiary/aromatic N) is 1. The molecule has 3 nitrogen and oxygen atoms in total. The van der Waals surface area contributed by atoms with Crippen LogP contribution in [0.1, 0.15) is 20.8 Å². The molecule has 0 aliphatic rings. The molecule has 1 rings (SSSR count). The molecule has 12 heavy (non-hydrogen) atoms. The van der Waals surface area contributed by atoms with Gasteiger partial charge in [0.1, 0.15) is 17.2 Å². The Hall–Kier alpha value is -1.25. The molecule has 0 atom stereocenters. The molecule has 0 aliphatic carbocycles. The summed E-state index contributed by atoms with van der Waals surface area (Å²) in [5, 5.41) is 0. The normalized spacial score (nSPS) is 11.2. The summed E-state index contributed by atoms with van der Waals surface area (Å²) >= 11 is 0. The van der Waals surface area contributed by atoms with E-state index in [9.17, 15) is 0 Å². The van der Waals surface area contributed by atoms with Crippen molar-refractivity contribution in [2.75, 3.05) is 5.73 Å². The van der Waals surface area contributed by atoms with Gasteiger partial charge in [0.15, 0.2) is 0 Å². The van der Waals surface area contributed by atoms with Crippen molar-refractivity contribution in [1.29, 1.82) is 0 Å². The van der Waals surface area contributed by atoms with Crippen molar-refractivity contribution in [3.8, 4) is 5.75 Å². The van der Waals surface area contributed by atoms with Gasteiger partial charge in [-0.2, -0.15) is 0 Å². The van der Waals surface area contributed by atoms with Gasteiger partial charge in [-0.25, -0.2) is 4.98 Å². The zero-order valence-corrected chi connectivity index (χ0v) is 7.66. The Balaban J connectivity index is 2.77. The van der Waals surface area contributed by atoms with Crippen molar-refractivity contribution in [2.24, 2.45) is 0 Å².